The number of aryl methyl sites for hydroxylation is 2. The van der Waals surface area contributed by atoms with E-state index in [-0.39, 0.29) is 120 Å². The number of nitrogen functional groups attached to an aromatic ring is 1. The van der Waals surface area contributed by atoms with Crippen molar-refractivity contribution in [2.24, 2.45) is 0 Å². The molecular weight excluding hydrogens is 1460 g/mol. The van der Waals surface area contributed by atoms with E-state index in [4.69, 9.17) is 47.2 Å². The fraction of sp³-hybridized carbons (Fsp3) is 0.319. The molecule has 35 heteroatoms. The van der Waals surface area contributed by atoms with Gasteiger partial charge in [0, 0.05) is 85.2 Å². The molecule has 0 saturated heterocycles. The first kappa shape index (κ1) is 76.5. The maximum absolute atomic E-state index is 14.3. The molecule has 7 N–H and O–H groups in total. The largest absolute Gasteiger partial charge is 0.494 e. The van der Waals surface area contributed by atoms with E-state index in [0.29, 0.717) is 16.6 Å². The number of carboxylic acids is 5. The number of nitrogens with zero attached hydrogens (tertiary/aromatic N) is 6. The van der Waals surface area contributed by atoms with Crippen LogP contribution >= 0.6 is 11.6 Å². The summed E-state index contributed by atoms with van der Waals surface area (Å²) in [6.45, 7) is 8.99. The van der Waals surface area contributed by atoms with Crippen molar-refractivity contribution in [3.05, 3.63) is 202 Å². The number of halogens is 11. The standard InChI is InChI=1S/C15H14F2N2O4.C15H13F2NO4.C15H13F2NO3.C14H10ClF2NO3.C13H10F2N2O3/c1-5-10(17)11(18)9-12(14(5)23-2)19(8-3-7(8)16)4-6(13(9)20)15(21)22;1-6-9(16)3-7-12(14(6)22-2)18(11-4-10(11)17)5-8(13(7)19)15(20)21;1-6-7(2)13-8(3-10(6)16)14(19)9(15(20)21)5-18(13)12-4-11(12)17;1-5-8(16)2-6-12(11(5)15)18(10-3-9(10)17)4-7(13(6)19)14(20)21;1-5-8(14)2-6-11(18)7(13(19)20)4-17(12(6)16-5)10-3-9(10)15/h4,7-8H,3,18H2,1-2H3,(H,21,22);3,5,10-11H,4H2,1-2H3,(H,20,21);3,5,11-12H,4H2,1-2H3,(H,20,21);2,4,9-10H,3H2,1H3,(H,20,21);2,4,9-10H,3H2,1H3,(H,19,20). The van der Waals surface area contributed by atoms with E-state index in [0.717, 1.165) is 49.1 Å². The molecular formula is C72H60ClF10N7O17. The Bertz CT molecular complexity index is 5760. The Morgan fingerprint density at radius 1 is 0.421 bits per heavy atom. The molecule has 0 spiro atoms. The molecule has 107 heavy (non-hydrogen) atoms. The summed E-state index contributed by atoms with van der Waals surface area (Å²) in [7, 11) is 2.61. The average Bonchev–Trinajstić information content (AvgIpc) is 1.66. The zero-order valence-electron chi connectivity index (χ0n) is 57.1. The Balaban J connectivity index is 0.000000133. The molecule has 0 aliphatic heterocycles. The third-order valence-corrected chi connectivity index (χ3v) is 19.7. The number of carboxylic acid groups (broad SMARTS) is 5. The first-order valence-electron chi connectivity index (χ1n) is 32.3. The lowest BCUT2D eigenvalue weighted by Gasteiger charge is -2.18. The van der Waals surface area contributed by atoms with Crippen LogP contribution in [-0.2, 0) is 0 Å². The molecule has 15 rings (SSSR count). The van der Waals surface area contributed by atoms with E-state index >= 15 is 0 Å². The molecule has 5 saturated carbocycles. The van der Waals surface area contributed by atoms with Gasteiger partial charge in [0.15, 0.2) is 5.82 Å². The molecule has 562 valence electrons. The van der Waals surface area contributed by atoms with E-state index in [2.05, 4.69) is 4.98 Å². The number of aromatic carboxylic acids is 5. The van der Waals surface area contributed by atoms with Crippen LogP contribution in [0, 0.1) is 70.6 Å². The van der Waals surface area contributed by atoms with Crippen molar-refractivity contribution >= 4 is 102 Å². The van der Waals surface area contributed by atoms with Gasteiger partial charge in [0.05, 0.1) is 104 Å². The second kappa shape index (κ2) is 28.4. The lowest BCUT2D eigenvalue weighted by atomic mass is 10.0. The summed E-state index contributed by atoms with van der Waals surface area (Å²) in [4.78, 5) is 121. The van der Waals surface area contributed by atoms with Gasteiger partial charge < -0.3 is 63.6 Å². The van der Waals surface area contributed by atoms with Gasteiger partial charge in [-0.25, -0.2) is 72.9 Å². The Morgan fingerprint density at radius 2 is 0.720 bits per heavy atom. The number of aromatic nitrogens is 6. The summed E-state index contributed by atoms with van der Waals surface area (Å²) in [5, 5.41) is 44.8. The number of carbonyl (C=O) groups is 5. The highest BCUT2D eigenvalue weighted by atomic mass is 35.5. The second-order valence-corrected chi connectivity index (χ2v) is 26.5. The van der Waals surface area contributed by atoms with Crippen LogP contribution in [0.4, 0.5) is 49.6 Å². The molecule has 0 radical (unpaired) electrons. The monoisotopic (exact) mass is 1520 g/mol. The molecule has 5 fully saturated rings. The van der Waals surface area contributed by atoms with Crippen molar-refractivity contribution in [1.29, 1.82) is 0 Å². The number of alkyl halides is 5. The second-order valence-electron chi connectivity index (χ2n) is 26.2. The van der Waals surface area contributed by atoms with Crippen LogP contribution in [0.5, 0.6) is 11.5 Å². The minimum Gasteiger partial charge on any atom is -0.494 e. The normalized spacial score (nSPS) is 20.5. The van der Waals surface area contributed by atoms with Gasteiger partial charge in [0.2, 0.25) is 27.1 Å². The predicted molar refractivity (Wildman–Crippen MR) is 367 cm³/mol. The smallest absolute Gasteiger partial charge is 0.341 e. The first-order chi connectivity index (χ1) is 50.2. The SMILES string of the molecule is COc1c(C)c(F)c(N)c2c(=O)c(C(=O)O)cn(C3CC3F)c12.COc1c(C)c(F)cc2c(=O)c(C(=O)O)cn(C3CC3F)c12.Cc1c(F)cc2c(=O)c(C(=O)O)cn(C3CC3F)c2c1C.Cc1c(F)cc2c(=O)c(C(=O)O)cn(C3CC3F)c2c1Cl.Cc1nc2c(cc1F)c(=O)c(C(=O)O)cn2C1CC1F. The molecule has 24 nitrogen and oxygen atoms in total. The third-order valence-electron chi connectivity index (χ3n) is 19.2. The molecule has 10 atom stereocenters. The highest BCUT2D eigenvalue weighted by molar-refractivity contribution is 6.36. The average molecular weight is 1520 g/mol. The summed E-state index contributed by atoms with van der Waals surface area (Å²) in [5.74, 6) is -10.5. The van der Waals surface area contributed by atoms with Gasteiger partial charge in [0.25, 0.3) is 0 Å². The van der Waals surface area contributed by atoms with Crippen molar-refractivity contribution in [1.82, 2.24) is 27.8 Å². The summed E-state index contributed by atoms with van der Waals surface area (Å²) in [6.07, 6.45) is 1.03. The Hall–Kier alpha value is -11.6. The maximum Gasteiger partial charge on any atom is 0.341 e. The lowest BCUT2D eigenvalue weighted by Crippen LogP contribution is -2.21. The number of benzene rings is 4. The van der Waals surface area contributed by atoms with E-state index in [1.807, 2.05) is 0 Å². The van der Waals surface area contributed by atoms with Gasteiger partial charge in [-0.15, -0.1) is 0 Å². The predicted octanol–water partition coefficient (Wildman–Crippen LogP) is 12.1. The number of hydrogen-bond donors (Lipinski definition) is 6. The van der Waals surface area contributed by atoms with Gasteiger partial charge in [-0.05, 0) is 76.9 Å². The summed E-state index contributed by atoms with van der Waals surface area (Å²) < 4.78 is 154. The number of pyridine rings is 6. The molecule has 10 aromatic rings. The minimum absolute atomic E-state index is 0.00172. The number of rotatable bonds is 12. The zero-order chi connectivity index (χ0) is 78.8. The Labute approximate surface area is 598 Å². The van der Waals surface area contributed by atoms with Gasteiger partial charge in [0.1, 0.15) is 99.1 Å². The molecule has 4 aromatic carbocycles. The van der Waals surface area contributed by atoms with Gasteiger partial charge in [-0.2, -0.15) is 0 Å². The van der Waals surface area contributed by atoms with E-state index in [1.54, 1.807) is 13.8 Å². The summed E-state index contributed by atoms with van der Waals surface area (Å²) in [5.41, 5.74) is 0.914. The topological polar surface area (TPSA) is 354 Å². The molecule has 5 aliphatic carbocycles. The van der Waals surface area contributed by atoms with Crippen molar-refractivity contribution < 1.29 is 103 Å². The zero-order valence-corrected chi connectivity index (χ0v) is 57.8. The number of anilines is 1. The van der Waals surface area contributed by atoms with E-state index < -0.39 is 181 Å². The number of ether oxygens (including phenoxy) is 2. The number of nitrogens with two attached hydrogens (primary N) is 1. The highest BCUT2D eigenvalue weighted by Gasteiger charge is 2.45. The number of methoxy groups -OCH3 is 2. The van der Waals surface area contributed by atoms with Crippen LogP contribution in [-0.4, -0.2) is 128 Å². The van der Waals surface area contributed by atoms with Crippen molar-refractivity contribution in [2.75, 3.05) is 20.0 Å². The van der Waals surface area contributed by atoms with Gasteiger partial charge >= 0.3 is 29.8 Å². The van der Waals surface area contributed by atoms with Crippen LogP contribution in [0.1, 0.15) is 148 Å². The van der Waals surface area contributed by atoms with Crippen molar-refractivity contribution in [3.8, 4) is 11.5 Å². The maximum atomic E-state index is 14.3. The number of fused-ring (bicyclic) bond motifs is 5. The molecule has 0 bridgehead atoms. The molecule has 6 heterocycles. The number of hydrogen-bond acceptors (Lipinski definition) is 14. The van der Waals surface area contributed by atoms with Crippen LogP contribution in [0.25, 0.3) is 54.6 Å². The minimum atomic E-state index is -1.49. The van der Waals surface area contributed by atoms with Crippen LogP contribution in [0.3, 0.4) is 0 Å². The Kier molecular flexibility index (Phi) is 20.3. The fourth-order valence-corrected chi connectivity index (χ4v) is 12.9. The van der Waals surface area contributed by atoms with Crippen LogP contribution in [0.15, 0.2) is 79.2 Å². The fourth-order valence-electron chi connectivity index (χ4n) is 12.7. The van der Waals surface area contributed by atoms with Crippen molar-refractivity contribution in [3.63, 3.8) is 0 Å². The first-order valence-corrected chi connectivity index (χ1v) is 32.7. The highest BCUT2D eigenvalue weighted by Crippen LogP contribution is 2.48. The molecule has 6 aromatic heterocycles. The molecule has 5 aliphatic rings. The van der Waals surface area contributed by atoms with Gasteiger partial charge in [-0.1, -0.05) is 11.6 Å². The van der Waals surface area contributed by atoms with Gasteiger partial charge in [-0.3, -0.25) is 24.0 Å². The third kappa shape index (κ3) is 13.7. The molecule has 10 unspecified atom stereocenters. The van der Waals surface area contributed by atoms with E-state index in [1.165, 1.54) is 70.9 Å². The Morgan fingerprint density at radius 3 is 1.11 bits per heavy atom. The lowest BCUT2D eigenvalue weighted by molar-refractivity contribution is 0.0684. The molecule has 0 amide bonds. The van der Waals surface area contributed by atoms with E-state index in [9.17, 15) is 97.0 Å². The quantitative estimate of drug-likeness (QED) is 0.0489. The summed E-state index contributed by atoms with van der Waals surface area (Å²) >= 11 is 6.09. The summed E-state index contributed by atoms with van der Waals surface area (Å²) in [6, 6.07) is 1.12. The van der Waals surface area contributed by atoms with Crippen LogP contribution in [0.2, 0.25) is 5.02 Å². The van der Waals surface area contributed by atoms with Crippen molar-refractivity contribution in [2.45, 2.75) is 135 Å². The van der Waals surface area contributed by atoms with Crippen LogP contribution < -0.4 is 42.4 Å².